The summed E-state index contributed by atoms with van der Waals surface area (Å²) in [5.41, 5.74) is 7.11. The van der Waals surface area contributed by atoms with E-state index in [1.54, 1.807) is 13.1 Å². The Hall–Kier alpha value is -3.65. The zero-order chi connectivity index (χ0) is 26.1. The number of ether oxygens (including phenoxy) is 1. The number of hydrogen-bond acceptors (Lipinski definition) is 4. The molecule has 0 aliphatic carbocycles. The highest BCUT2D eigenvalue weighted by molar-refractivity contribution is 6.30. The number of halogens is 2. The van der Waals surface area contributed by atoms with Gasteiger partial charge in [0.1, 0.15) is 17.6 Å². The van der Waals surface area contributed by atoms with Crippen molar-refractivity contribution in [3.8, 4) is 16.9 Å². The number of rotatable bonds is 5. The van der Waals surface area contributed by atoms with E-state index in [0.29, 0.717) is 22.8 Å². The predicted octanol–water partition coefficient (Wildman–Crippen LogP) is 4.96. The maximum absolute atomic E-state index is 14.2. The molecule has 9 heteroatoms. The molecule has 3 atom stereocenters. The third-order valence-corrected chi connectivity index (χ3v) is 6.82. The maximum atomic E-state index is 14.2. The van der Waals surface area contributed by atoms with Crippen LogP contribution < -0.4 is 21.3 Å². The predicted molar refractivity (Wildman–Crippen MR) is 137 cm³/mol. The van der Waals surface area contributed by atoms with Crippen molar-refractivity contribution in [1.29, 1.82) is 0 Å². The number of benzene rings is 2. The van der Waals surface area contributed by atoms with Gasteiger partial charge in [-0.05, 0) is 67.1 Å². The van der Waals surface area contributed by atoms with E-state index in [1.807, 2.05) is 25.1 Å². The fourth-order valence-electron chi connectivity index (χ4n) is 4.41. The number of primary amides is 1. The van der Waals surface area contributed by atoms with Crippen molar-refractivity contribution in [2.75, 3.05) is 5.32 Å². The normalized spacial score (nSPS) is 17.6. The smallest absolute Gasteiger partial charge is 0.252 e. The minimum absolute atomic E-state index is 0.140. The zero-order valence-electron chi connectivity index (χ0n) is 20.2. The molecule has 0 saturated heterocycles. The summed E-state index contributed by atoms with van der Waals surface area (Å²) >= 11 is 6.27. The fourth-order valence-corrected chi connectivity index (χ4v) is 4.58. The topological polar surface area (TPSA) is 103 Å². The average Bonchev–Trinajstić information content (AvgIpc) is 2.81. The number of aromatic nitrogens is 1. The molecule has 0 bridgehead atoms. The number of hydrogen-bond donors (Lipinski definition) is 2. The van der Waals surface area contributed by atoms with Gasteiger partial charge in [0.25, 0.3) is 11.5 Å². The second kappa shape index (κ2) is 10.1. The maximum Gasteiger partial charge on any atom is 0.252 e. The molecular weight excluding hydrogens is 485 g/mol. The SMILES string of the molecule is CC[C@@H](C(=O)Nc1ccc(C(N)=O)c(F)c1)n1cc2c(cc1=O)-c1cc(Cl)ccc1CC(C)C(C)O2. The van der Waals surface area contributed by atoms with Gasteiger partial charge >= 0.3 is 0 Å². The summed E-state index contributed by atoms with van der Waals surface area (Å²) in [6.45, 7) is 5.83. The van der Waals surface area contributed by atoms with Crippen LogP contribution >= 0.6 is 11.6 Å². The number of pyridine rings is 1. The van der Waals surface area contributed by atoms with Gasteiger partial charge in [0.15, 0.2) is 0 Å². The first-order valence-corrected chi connectivity index (χ1v) is 12.1. The van der Waals surface area contributed by atoms with Crippen LogP contribution in [-0.4, -0.2) is 22.5 Å². The average molecular weight is 512 g/mol. The highest BCUT2D eigenvalue weighted by Crippen LogP contribution is 2.38. The molecule has 0 saturated carbocycles. The Labute approximate surface area is 213 Å². The Morgan fingerprint density at radius 3 is 2.61 bits per heavy atom. The van der Waals surface area contributed by atoms with E-state index >= 15 is 0 Å². The molecule has 0 spiro atoms. The second-order valence-electron chi connectivity index (χ2n) is 9.07. The second-order valence-corrected chi connectivity index (χ2v) is 9.51. The molecule has 1 aromatic heterocycles. The van der Waals surface area contributed by atoms with Gasteiger partial charge in [0.05, 0.1) is 17.9 Å². The van der Waals surface area contributed by atoms with Crippen molar-refractivity contribution in [3.63, 3.8) is 0 Å². The molecule has 1 aliphatic rings. The summed E-state index contributed by atoms with van der Waals surface area (Å²) in [7, 11) is 0. The van der Waals surface area contributed by atoms with Crippen molar-refractivity contribution in [2.24, 2.45) is 11.7 Å². The number of carbonyl (C=O) groups is 2. The zero-order valence-corrected chi connectivity index (χ0v) is 20.9. The fraction of sp³-hybridized carbons (Fsp3) is 0.296. The van der Waals surface area contributed by atoms with Gasteiger partial charge in [0, 0.05) is 22.3 Å². The Morgan fingerprint density at radius 2 is 1.94 bits per heavy atom. The van der Waals surface area contributed by atoms with E-state index in [-0.39, 0.29) is 28.8 Å². The Balaban J connectivity index is 1.73. The van der Waals surface area contributed by atoms with Crippen molar-refractivity contribution >= 4 is 29.1 Å². The molecule has 0 radical (unpaired) electrons. The molecule has 2 amide bonds. The largest absolute Gasteiger partial charge is 0.488 e. The van der Waals surface area contributed by atoms with E-state index in [1.165, 1.54) is 22.8 Å². The van der Waals surface area contributed by atoms with Crippen LogP contribution in [0.4, 0.5) is 10.1 Å². The van der Waals surface area contributed by atoms with Crippen molar-refractivity contribution in [3.05, 3.63) is 81.0 Å². The van der Waals surface area contributed by atoms with E-state index in [2.05, 4.69) is 12.2 Å². The lowest BCUT2D eigenvalue weighted by molar-refractivity contribution is -0.119. The number of amides is 2. The minimum atomic E-state index is -0.907. The molecule has 3 aromatic rings. The number of nitrogens with one attached hydrogen (secondary N) is 1. The molecule has 0 fully saturated rings. The molecular formula is C27H27ClFN3O4. The first-order chi connectivity index (χ1) is 17.1. The van der Waals surface area contributed by atoms with E-state index in [0.717, 1.165) is 23.6 Å². The number of fused-ring (bicyclic) bond motifs is 3. The molecule has 3 N–H and O–H groups in total. The monoisotopic (exact) mass is 511 g/mol. The van der Waals surface area contributed by atoms with Crippen LogP contribution in [0.5, 0.6) is 5.75 Å². The molecule has 188 valence electrons. The van der Waals surface area contributed by atoms with Crippen LogP contribution in [0.25, 0.3) is 11.1 Å². The van der Waals surface area contributed by atoms with Crippen LogP contribution in [0.2, 0.25) is 5.02 Å². The highest BCUT2D eigenvalue weighted by Gasteiger charge is 2.27. The summed E-state index contributed by atoms with van der Waals surface area (Å²) in [6.07, 6.45) is 2.47. The summed E-state index contributed by atoms with van der Waals surface area (Å²) in [5, 5.41) is 3.16. The van der Waals surface area contributed by atoms with Crippen LogP contribution in [-0.2, 0) is 11.2 Å². The Morgan fingerprint density at radius 1 is 1.19 bits per heavy atom. The minimum Gasteiger partial charge on any atom is -0.488 e. The summed E-state index contributed by atoms with van der Waals surface area (Å²) in [4.78, 5) is 37.6. The van der Waals surface area contributed by atoms with Gasteiger partial charge in [-0.2, -0.15) is 0 Å². The van der Waals surface area contributed by atoms with Crippen LogP contribution in [0.3, 0.4) is 0 Å². The molecule has 2 heterocycles. The van der Waals surface area contributed by atoms with Crippen LogP contribution in [0.1, 0.15) is 49.2 Å². The molecule has 1 aliphatic heterocycles. The summed E-state index contributed by atoms with van der Waals surface area (Å²) in [6, 6.07) is 9.78. The number of anilines is 1. The molecule has 2 aromatic carbocycles. The van der Waals surface area contributed by atoms with Gasteiger partial charge in [-0.25, -0.2) is 4.39 Å². The standard InChI is InChI=1S/C27H27ClFN3O4/c1-4-23(27(35)31-18-7-8-19(26(30)34)22(29)11-18)32-13-24-21(12-25(32)33)20-10-17(28)6-5-16(20)9-14(2)15(3)36-24/h5-8,10-15,23H,4,9H2,1-3H3,(H2,30,34)(H,31,35)/t14?,15?,23-/m0/s1. The van der Waals surface area contributed by atoms with Crippen molar-refractivity contribution < 1.29 is 18.7 Å². The summed E-state index contributed by atoms with van der Waals surface area (Å²) in [5.74, 6) is -1.60. The van der Waals surface area contributed by atoms with Gasteiger partial charge in [-0.15, -0.1) is 0 Å². The number of nitrogens with zero attached hydrogens (tertiary/aromatic N) is 1. The van der Waals surface area contributed by atoms with Crippen LogP contribution in [0, 0.1) is 11.7 Å². The molecule has 36 heavy (non-hydrogen) atoms. The molecule has 2 unspecified atom stereocenters. The van der Waals surface area contributed by atoms with Gasteiger partial charge in [0.2, 0.25) is 5.91 Å². The van der Waals surface area contributed by atoms with E-state index in [9.17, 15) is 18.8 Å². The lowest BCUT2D eigenvalue weighted by Gasteiger charge is -2.29. The first-order valence-electron chi connectivity index (χ1n) is 11.7. The Bertz CT molecular complexity index is 1400. The third kappa shape index (κ3) is 4.99. The third-order valence-electron chi connectivity index (χ3n) is 6.59. The van der Waals surface area contributed by atoms with Gasteiger partial charge < -0.3 is 15.8 Å². The lowest BCUT2D eigenvalue weighted by Crippen LogP contribution is -2.33. The Kier molecular flexibility index (Phi) is 7.17. The van der Waals surface area contributed by atoms with E-state index in [4.69, 9.17) is 22.1 Å². The summed E-state index contributed by atoms with van der Waals surface area (Å²) < 4.78 is 21.7. The quantitative estimate of drug-likeness (QED) is 0.505. The van der Waals surface area contributed by atoms with Gasteiger partial charge in [-0.3, -0.25) is 19.0 Å². The van der Waals surface area contributed by atoms with Crippen LogP contribution in [0.15, 0.2) is 53.5 Å². The first kappa shape index (κ1) is 25.4. The van der Waals surface area contributed by atoms with Crippen molar-refractivity contribution in [2.45, 2.75) is 45.8 Å². The number of nitrogens with two attached hydrogens (primary N) is 1. The van der Waals surface area contributed by atoms with E-state index < -0.39 is 23.7 Å². The number of carbonyl (C=O) groups excluding carboxylic acids is 2. The lowest BCUT2D eigenvalue weighted by atomic mass is 9.89. The van der Waals surface area contributed by atoms with Crippen molar-refractivity contribution in [1.82, 2.24) is 4.57 Å². The van der Waals surface area contributed by atoms with Gasteiger partial charge in [-0.1, -0.05) is 31.5 Å². The molecule has 7 nitrogen and oxygen atoms in total. The highest BCUT2D eigenvalue weighted by atomic mass is 35.5. The molecule has 4 rings (SSSR count).